The van der Waals surface area contributed by atoms with Gasteiger partial charge in [0.05, 0.1) is 17.4 Å². The van der Waals surface area contributed by atoms with E-state index in [-0.39, 0.29) is 5.60 Å². The molecule has 0 atom stereocenters. The fraction of sp³-hybridized carbons (Fsp3) is 0.348. The molecule has 1 aliphatic rings. The first-order valence-corrected chi connectivity index (χ1v) is 10.8. The van der Waals surface area contributed by atoms with Gasteiger partial charge in [-0.15, -0.1) is 0 Å². The SMILES string of the molecule is Brc1cccc2ncc(-c3cccc(N4CCNCC4)c3)nc12.CC(C)(C)OC=O. The molecule has 7 heteroatoms. The summed E-state index contributed by atoms with van der Waals surface area (Å²) in [4.78, 5) is 21.3. The van der Waals surface area contributed by atoms with Gasteiger partial charge in [-0.1, -0.05) is 18.2 Å². The number of nitrogens with one attached hydrogen (secondary N) is 1. The van der Waals surface area contributed by atoms with Crippen LogP contribution in [-0.4, -0.2) is 48.2 Å². The summed E-state index contributed by atoms with van der Waals surface area (Å²) >= 11 is 3.56. The summed E-state index contributed by atoms with van der Waals surface area (Å²) in [7, 11) is 0. The number of piperazine rings is 1. The van der Waals surface area contributed by atoms with E-state index in [1.165, 1.54) is 5.69 Å². The van der Waals surface area contributed by atoms with E-state index in [0.717, 1.165) is 52.9 Å². The predicted octanol–water partition coefficient (Wildman–Crippen LogP) is 4.43. The molecule has 0 aliphatic carbocycles. The summed E-state index contributed by atoms with van der Waals surface area (Å²) in [5.74, 6) is 0. The van der Waals surface area contributed by atoms with Gasteiger partial charge in [-0.3, -0.25) is 9.78 Å². The van der Waals surface area contributed by atoms with Crippen LogP contribution < -0.4 is 10.2 Å². The molecule has 1 N–H and O–H groups in total. The number of nitrogens with zero attached hydrogens (tertiary/aromatic N) is 3. The molecule has 2 heterocycles. The molecule has 6 nitrogen and oxygen atoms in total. The molecule has 1 fully saturated rings. The Kier molecular flexibility index (Phi) is 7.39. The topological polar surface area (TPSA) is 67.3 Å². The lowest BCUT2D eigenvalue weighted by Crippen LogP contribution is -2.43. The van der Waals surface area contributed by atoms with Crippen LogP contribution in [0.15, 0.2) is 53.1 Å². The maximum absolute atomic E-state index is 9.60. The van der Waals surface area contributed by atoms with Crippen molar-refractivity contribution in [3.63, 3.8) is 0 Å². The fourth-order valence-electron chi connectivity index (χ4n) is 3.07. The summed E-state index contributed by atoms with van der Waals surface area (Å²) in [6.07, 6.45) is 1.85. The van der Waals surface area contributed by atoms with Crippen molar-refractivity contribution in [1.29, 1.82) is 0 Å². The van der Waals surface area contributed by atoms with E-state index in [1.54, 1.807) is 0 Å². The van der Waals surface area contributed by atoms with E-state index in [1.807, 2.05) is 45.2 Å². The molecular formula is C23H27BrN4O2. The van der Waals surface area contributed by atoms with E-state index in [0.29, 0.717) is 6.47 Å². The lowest BCUT2D eigenvalue weighted by Gasteiger charge is -2.29. The number of hydrogen-bond acceptors (Lipinski definition) is 6. The van der Waals surface area contributed by atoms with Crippen LogP contribution >= 0.6 is 15.9 Å². The van der Waals surface area contributed by atoms with Crippen LogP contribution in [0.4, 0.5) is 5.69 Å². The van der Waals surface area contributed by atoms with Gasteiger partial charge in [0.15, 0.2) is 0 Å². The summed E-state index contributed by atoms with van der Waals surface area (Å²) in [5.41, 5.74) is 4.74. The highest BCUT2D eigenvalue weighted by Crippen LogP contribution is 2.27. The van der Waals surface area contributed by atoms with Crippen molar-refractivity contribution in [3.05, 3.63) is 53.1 Å². The van der Waals surface area contributed by atoms with Crippen molar-refractivity contribution in [1.82, 2.24) is 15.3 Å². The van der Waals surface area contributed by atoms with Crippen LogP contribution in [-0.2, 0) is 9.53 Å². The van der Waals surface area contributed by atoms with Crippen LogP contribution in [0.3, 0.4) is 0 Å². The van der Waals surface area contributed by atoms with E-state index in [9.17, 15) is 4.79 Å². The monoisotopic (exact) mass is 470 g/mol. The molecular weight excluding hydrogens is 444 g/mol. The summed E-state index contributed by atoms with van der Waals surface area (Å²) < 4.78 is 5.52. The number of aromatic nitrogens is 2. The lowest BCUT2D eigenvalue weighted by atomic mass is 10.1. The average molecular weight is 471 g/mol. The van der Waals surface area contributed by atoms with Gasteiger partial charge < -0.3 is 15.0 Å². The summed E-state index contributed by atoms with van der Waals surface area (Å²) in [6.45, 7) is 10.1. The molecule has 0 radical (unpaired) electrons. The average Bonchev–Trinajstić information content (AvgIpc) is 2.74. The molecule has 0 bridgehead atoms. The fourth-order valence-corrected chi connectivity index (χ4v) is 3.51. The van der Waals surface area contributed by atoms with Gasteiger partial charge >= 0.3 is 0 Å². The predicted molar refractivity (Wildman–Crippen MR) is 125 cm³/mol. The number of hydrogen-bond donors (Lipinski definition) is 1. The largest absolute Gasteiger partial charge is 0.462 e. The Morgan fingerprint density at radius 1 is 1.13 bits per heavy atom. The second kappa shape index (κ2) is 10.00. The molecule has 1 saturated heterocycles. The minimum Gasteiger partial charge on any atom is -0.462 e. The Hall–Kier alpha value is -2.51. The van der Waals surface area contributed by atoms with Gasteiger partial charge in [-0.2, -0.15) is 0 Å². The molecule has 1 aromatic heterocycles. The molecule has 4 rings (SSSR count). The number of carbonyl (C=O) groups is 1. The Morgan fingerprint density at radius 3 is 2.53 bits per heavy atom. The van der Waals surface area contributed by atoms with Crippen molar-refractivity contribution in [2.45, 2.75) is 26.4 Å². The van der Waals surface area contributed by atoms with Crippen molar-refractivity contribution in [2.24, 2.45) is 0 Å². The van der Waals surface area contributed by atoms with Gasteiger partial charge in [0.1, 0.15) is 11.1 Å². The molecule has 0 spiro atoms. The smallest absolute Gasteiger partial charge is 0.293 e. The molecule has 0 saturated carbocycles. The van der Waals surface area contributed by atoms with E-state index >= 15 is 0 Å². The third kappa shape index (κ3) is 6.00. The van der Waals surface area contributed by atoms with Crippen molar-refractivity contribution < 1.29 is 9.53 Å². The Bertz CT molecular complexity index is 998. The highest BCUT2D eigenvalue weighted by molar-refractivity contribution is 9.10. The zero-order valence-electron chi connectivity index (χ0n) is 17.6. The maximum Gasteiger partial charge on any atom is 0.293 e. The van der Waals surface area contributed by atoms with Gasteiger partial charge in [0.2, 0.25) is 0 Å². The lowest BCUT2D eigenvalue weighted by molar-refractivity contribution is -0.138. The Morgan fingerprint density at radius 2 is 1.87 bits per heavy atom. The van der Waals surface area contributed by atoms with Crippen molar-refractivity contribution in [2.75, 3.05) is 31.1 Å². The van der Waals surface area contributed by atoms with E-state index < -0.39 is 0 Å². The minimum atomic E-state index is -0.318. The van der Waals surface area contributed by atoms with Crippen LogP contribution in [0, 0.1) is 0 Å². The van der Waals surface area contributed by atoms with Crippen molar-refractivity contribution >= 4 is 39.1 Å². The molecule has 30 heavy (non-hydrogen) atoms. The second-order valence-corrected chi connectivity index (χ2v) is 8.83. The first kappa shape index (κ1) is 22.2. The maximum atomic E-state index is 9.60. The second-order valence-electron chi connectivity index (χ2n) is 7.98. The molecule has 1 aliphatic heterocycles. The standard InChI is InChI=1S/C18H17BrN4.C5H10O2/c19-15-5-2-6-16-18(15)22-17(12-21-16)13-3-1-4-14(11-13)23-9-7-20-8-10-23;1-5(2,3)7-4-6/h1-6,11-12,20H,7-10H2;4H,1-3H3. The quantitative estimate of drug-likeness (QED) is 0.571. The number of rotatable bonds is 3. The molecule has 3 aromatic rings. The van der Waals surface area contributed by atoms with Gasteiger partial charge in [0.25, 0.3) is 6.47 Å². The van der Waals surface area contributed by atoms with Crippen LogP contribution in [0.25, 0.3) is 22.3 Å². The number of benzene rings is 2. The number of para-hydroxylation sites is 1. The summed E-state index contributed by atoms with van der Waals surface area (Å²) in [6, 6.07) is 14.5. The zero-order chi connectivity index (χ0) is 21.6. The van der Waals surface area contributed by atoms with Crippen molar-refractivity contribution in [3.8, 4) is 11.3 Å². The zero-order valence-corrected chi connectivity index (χ0v) is 19.1. The summed E-state index contributed by atoms with van der Waals surface area (Å²) in [5, 5.41) is 3.39. The molecule has 2 aromatic carbocycles. The number of fused-ring (bicyclic) bond motifs is 1. The van der Waals surface area contributed by atoms with E-state index in [4.69, 9.17) is 4.98 Å². The Balaban J connectivity index is 0.000000318. The highest BCUT2D eigenvalue weighted by Gasteiger charge is 2.12. The molecule has 0 unspecified atom stereocenters. The minimum absolute atomic E-state index is 0.318. The van der Waals surface area contributed by atoms with Gasteiger partial charge in [-0.25, -0.2) is 4.98 Å². The first-order valence-electron chi connectivity index (χ1n) is 9.96. The number of anilines is 1. The number of ether oxygens (including phenoxy) is 1. The third-order valence-electron chi connectivity index (χ3n) is 4.55. The Labute approximate surface area is 185 Å². The van der Waals surface area contributed by atoms with Gasteiger partial charge in [-0.05, 0) is 61.0 Å². The van der Waals surface area contributed by atoms with Gasteiger partial charge in [0, 0.05) is 41.9 Å². The van der Waals surface area contributed by atoms with Crippen LogP contribution in [0.5, 0.6) is 0 Å². The van der Waals surface area contributed by atoms with Crippen LogP contribution in [0.1, 0.15) is 20.8 Å². The van der Waals surface area contributed by atoms with Crippen LogP contribution in [0.2, 0.25) is 0 Å². The first-order chi connectivity index (χ1) is 14.4. The van der Waals surface area contributed by atoms with E-state index in [2.05, 4.69) is 60.1 Å². The molecule has 158 valence electrons. The number of halogens is 1. The molecule has 0 amide bonds. The normalized spacial score (nSPS) is 14.1. The third-order valence-corrected chi connectivity index (χ3v) is 5.19. The number of carbonyl (C=O) groups excluding carboxylic acids is 1. The highest BCUT2D eigenvalue weighted by atomic mass is 79.9.